The molecule has 0 radical (unpaired) electrons. The number of hydrogen-bond donors (Lipinski definition) is 0. The van der Waals surface area contributed by atoms with Crippen LogP contribution in [0.3, 0.4) is 0 Å². The predicted molar refractivity (Wildman–Crippen MR) is 182 cm³/mol. The number of benzene rings is 4. The van der Waals surface area contributed by atoms with Crippen LogP contribution < -0.4 is 4.74 Å². The maximum absolute atomic E-state index is 14.3. The Morgan fingerprint density at radius 2 is 1.49 bits per heavy atom. The van der Waals surface area contributed by atoms with Crippen molar-refractivity contribution in [3.8, 4) is 16.9 Å². The molecule has 0 N–H and O–H groups in total. The number of carbonyl (C=O) groups excluding carboxylic acids is 2. The number of non-ortho nitro benzene ring substituents is 1. The van der Waals surface area contributed by atoms with Crippen molar-refractivity contribution in [3.05, 3.63) is 130 Å². The summed E-state index contributed by atoms with van der Waals surface area (Å²) in [6, 6.07) is 33.9. The van der Waals surface area contributed by atoms with Crippen LogP contribution in [0.5, 0.6) is 5.75 Å². The number of ether oxygens (including phenoxy) is 3. The van der Waals surface area contributed by atoms with Crippen molar-refractivity contribution in [3.63, 3.8) is 0 Å². The smallest absolute Gasteiger partial charge is 0.316 e. The molecule has 0 amide bonds. The van der Waals surface area contributed by atoms with E-state index in [1.54, 1.807) is 12.1 Å². The van der Waals surface area contributed by atoms with Gasteiger partial charge in [0.05, 0.1) is 17.6 Å². The van der Waals surface area contributed by atoms with Crippen LogP contribution in [0.15, 0.2) is 109 Å². The Balaban J connectivity index is 1.59. The molecule has 0 aliphatic carbocycles. The first-order valence-electron chi connectivity index (χ1n) is 16.1. The van der Waals surface area contributed by atoms with Crippen LogP contribution in [0.4, 0.5) is 5.69 Å². The summed E-state index contributed by atoms with van der Waals surface area (Å²) in [5.74, 6) is -2.13. The first-order valence-corrected chi connectivity index (χ1v) is 16.1. The van der Waals surface area contributed by atoms with Crippen molar-refractivity contribution in [1.82, 2.24) is 0 Å². The second kappa shape index (κ2) is 17.2. The molecule has 4 rings (SSSR count). The minimum Gasteiger partial charge on any atom is -0.468 e. The lowest BCUT2D eigenvalue weighted by Gasteiger charge is -2.35. The molecule has 0 saturated heterocycles. The SMILES string of the molecule is CCC[C@@](CCc1ccccc1)(CC(=O)C(C(=O)OC)[C@H](CC)c1cccc([N+](=O)[O-])c1)OCOc1ccc(-c2ccccc2)cc1. The molecule has 0 aliphatic heterocycles. The van der Waals surface area contributed by atoms with E-state index in [9.17, 15) is 19.7 Å². The van der Waals surface area contributed by atoms with E-state index in [0.717, 1.165) is 23.1 Å². The van der Waals surface area contributed by atoms with E-state index in [1.165, 1.54) is 19.2 Å². The molecule has 0 fully saturated rings. The van der Waals surface area contributed by atoms with Crippen molar-refractivity contribution in [1.29, 1.82) is 0 Å². The average Bonchev–Trinajstić information content (AvgIpc) is 3.10. The Morgan fingerprint density at radius 3 is 2.11 bits per heavy atom. The van der Waals surface area contributed by atoms with E-state index in [2.05, 4.69) is 0 Å². The normalized spacial score (nSPS) is 13.6. The van der Waals surface area contributed by atoms with Crippen LogP contribution in [-0.2, 0) is 25.5 Å². The van der Waals surface area contributed by atoms with Crippen molar-refractivity contribution in [2.45, 2.75) is 63.9 Å². The van der Waals surface area contributed by atoms with Crippen molar-refractivity contribution >= 4 is 17.4 Å². The highest BCUT2D eigenvalue weighted by Gasteiger charge is 2.41. The third-order valence-electron chi connectivity index (χ3n) is 8.62. The fourth-order valence-electron chi connectivity index (χ4n) is 6.17. The number of aryl methyl sites for hydroxylation is 1. The molecule has 8 heteroatoms. The molecular weight excluding hydrogens is 594 g/mol. The Hall–Kier alpha value is -4.82. The quantitative estimate of drug-likeness (QED) is 0.0353. The van der Waals surface area contributed by atoms with Crippen LogP contribution >= 0.6 is 0 Å². The van der Waals surface area contributed by atoms with Gasteiger partial charge in [0.25, 0.3) is 5.69 Å². The van der Waals surface area contributed by atoms with Gasteiger partial charge >= 0.3 is 5.97 Å². The van der Waals surface area contributed by atoms with Crippen molar-refractivity contribution in [2.24, 2.45) is 5.92 Å². The van der Waals surface area contributed by atoms with Gasteiger partial charge in [-0.3, -0.25) is 19.7 Å². The summed E-state index contributed by atoms with van der Waals surface area (Å²) >= 11 is 0. The standard InChI is InChI=1S/C39H43NO7/c1-4-24-39(25-23-29-13-8-6-9-14-29,47-28-46-34-21-19-31(20-22-34)30-15-10-7-11-16-30)27-36(41)37(38(42)45-3)35(5-2)32-17-12-18-33(26-32)40(43)44/h6-22,26,35,37H,4-5,23-25,27-28H2,1-3H3/t35-,37?,39-/m1/s1. The zero-order valence-corrected chi connectivity index (χ0v) is 27.3. The van der Waals surface area contributed by atoms with Gasteiger partial charge < -0.3 is 14.2 Å². The Morgan fingerprint density at radius 1 is 0.830 bits per heavy atom. The molecule has 0 aromatic heterocycles. The number of nitrogens with zero attached hydrogens (tertiary/aromatic N) is 1. The molecule has 8 nitrogen and oxygen atoms in total. The largest absolute Gasteiger partial charge is 0.468 e. The van der Waals surface area contributed by atoms with Crippen LogP contribution in [0, 0.1) is 16.0 Å². The van der Waals surface area contributed by atoms with E-state index < -0.39 is 28.3 Å². The molecule has 246 valence electrons. The monoisotopic (exact) mass is 637 g/mol. The van der Waals surface area contributed by atoms with Crippen molar-refractivity contribution < 1.29 is 28.7 Å². The average molecular weight is 638 g/mol. The van der Waals surface area contributed by atoms with Gasteiger partial charge in [0.1, 0.15) is 11.7 Å². The predicted octanol–water partition coefficient (Wildman–Crippen LogP) is 8.73. The maximum atomic E-state index is 14.3. The highest BCUT2D eigenvalue weighted by molar-refractivity contribution is 6.00. The molecule has 4 aromatic rings. The first kappa shape index (κ1) is 35.0. The summed E-state index contributed by atoms with van der Waals surface area (Å²) in [5, 5.41) is 11.5. The van der Waals surface area contributed by atoms with Crippen LogP contribution in [-0.4, -0.2) is 36.2 Å². The molecule has 47 heavy (non-hydrogen) atoms. The van der Waals surface area contributed by atoms with Gasteiger partial charge in [0.15, 0.2) is 12.6 Å². The van der Waals surface area contributed by atoms with Gasteiger partial charge in [-0.2, -0.15) is 0 Å². The number of ketones is 1. The number of nitro benzene ring substituents is 1. The summed E-state index contributed by atoms with van der Waals surface area (Å²) < 4.78 is 17.7. The molecule has 1 unspecified atom stereocenters. The number of hydrogen-bond acceptors (Lipinski definition) is 7. The van der Waals surface area contributed by atoms with E-state index in [4.69, 9.17) is 14.2 Å². The number of esters is 1. The zero-order chi connectivity index (χ0) is 33.6. The minimum absolute atomic E-state index is 0.0465. The second-order valence-electron chi connectivity index (χ2n) is 11.7. The lowest BCUT2D eigenvalue weighted by molar-refractivity contribution is -0.384. The van der Waals surface area contributed by atoms with Gasteiger partial charge in [-0.15, -0.1) is 0 Å². The number of nitro groups is 1. The molecule has 3 atom stereocenters. The van der Waals surface area contributed by atoms with Gasteiger partial charge in [-0.05, 0) is 60.1 Å². The minimum atomic E-state index is -1.16. The van der Waals surface area contributed by atoms with Crippen LogP contribution in [0.1, 0.15) is 63.0 Å². The number of Topliss-reactive ketones (excluding diaryl/α,β-unsaturated/α-hetero) is 1. The van der Waals surface area contributed by atoms with E-state index in [-0.39, 0.29) is 24.7 Å². The van der Waals surface area contributed by atoms with Crippen molar-refractivity contribution in [2.75, 3.05) is 13.9 Å². The molecule has 0 bridgehead atoms. The first-order chi connectivity index (χ1) is 22.8. The molecular formula is C39H43NO7. The van der Waals surface area contributed by atoms with Crippen LogP contribution in [0.2, 0.25) is 0 Å². The van der Waals surface area contributed by atoms with Gasteiger partial charge in [-0.25, -0.2) is 0 Å². The Bertz CT molecular complexity index is 1590. The van der Waals surface area contributed by atoms with Gasteiger partial charge in [0.2, 0.25) is 0 Å². The maximum Gasteiger partial charge on any atom is 0.316 e. The van der Waals surface area contributed by atoms with E-state index in [1.807, 2.05) is 98.8 Å². The fourth-order valence-corrected chi connectivity index (χ4v) is 6.17. The molecule has 0 spiro atoms. The topological polar surface area (TPSA) is 105 Å². The summed E-state index contributed by atoms with van der Waals surface area (Å²) in [6.07, 6.45) is 2.83. The molecule has 0 aliphatic rings. The third-order valence-corrected chi connectivity index (χ3v) is 8.62. The van der Waals surface area contributed by atoms with Gasteiger partial charge in [-0.1, -0.05) is 105 Å². The lowest BCUT2D eigenvalue weighted by atomic mass is 9.76. The Kier molecular flexibility index (Phi) is 12.8. The molecule has 0 saturated carbocycles. The number of rotatable bonds is 18. The van der Waals surface area contributed by atoms with E-state index >= 15 is 0 Å². The summed E-state index contributed by atoms with van der Waals surface area (Å²) in [5.41, 5.74) is 2.78. The molecule has 4 aromatic carbocycles. The highest BCUT2D eigenvalue weighted by atomic mass is 16.7. The number of carbonyl (C=O) groups is 2. The van der Waals surface area contributed by atoms with Crippen LogP contribution in [0.25, 0.3) is 11.1 Å². The zero-order valence-electron chi connectivity index (χ0n) is 27.3. The lowest BCUT2D eigenvalue weighted by Crippen LogP contribution is -2.41. The Labute approximate surface area is 276 Å². The highest BCUT2D eigenvalue weighted by Crippen LogP contribution is 2.37. The second-order valence-corrected chi connectivity index (χ2v) is 11.7. The summed E-state index contributed by atoms with van der Waals surface area (Å²) in [4.78, 5) is 38.6. The molecule has 0 heterocycles. The van der Waals surface area contributed by atoms with E-state index in [0.29, 0.717) is 37.0 Å². The van der Waals surface area contributed by atoms with Gasteiger partial charge in [0, 0.05) is 24.5 Å². The fraction of sp³-hybridized carbons (Fsp3) is 0.333. The summed E-state index contributed by atoms with van der Waals surface area (Å²) in [6.45, 7) is 3.80. The third kappa shape index (κ3) is 9.59. The number of methoxy groups -OCH3 is 1. The summed E-state index contributed by atoms with van der Waals surface area (Å²) in [7, 11) is 1.25.